The molecule has 8 fully saturated rings. The minimum atomic E-state index is -0.422. The maximum Gasteiger partial charge on any atom is 0.0656 e. The molecule has 0 spiro atoms. The molecule has 0 amide bonds. The zero-order valence-electron chi connectivity index (χ0n) is 25.7. The topological polar surface area (TPSA) is 92.5 Å². The molecule has 0 aromatic heterocycles. The Hall–Kier alpha value is -2.92. The normalized spacial score (nSPS) is 40.1. The van der Waals surface area contributed by atoms with E-state index in [9.17, 15) is 10.2 Å². The number of hydrogen-bond donors (Lipinski definition) is 4. The van der Waals surface area contributed by atoms with Gasteiger partial charge in [0, 0.05) is 39.8 Å². The third-order valence-corrected chi connectivity index (χ3v) is 12.8. The number of anilines is 2. The van der Waals surface area contributed by atoms with Gasteiger partial charge in [-0.2, -0.15) is 0 Å². The van der Waals surface area contributed by atoms with Gasteiger partial charge in [-0.3, -0.25) is 0 Å². The van der Waals surface area contributed by atoms with Crippen LogP contribution in [0, 0.1) is 71.0 Å². The molecule has 224 valence electrons. The van der Waals surface area contributed by atoms with Gasteiger partial charge in [0.2, 0.25) is 0 Å². The average Bonchev–Trinajstić information content (AvgIpc) is 2.91. The van der Waals surface area contributed by atoms with Crippen LogP contribution < -0.4 is 11.5 Å². The quantitative estimate of drug-likeness (QED) is 0.252. The zero-order chi connectivity index (χ0) is 29.7. The fourth-order valence-electron chi connectivity index (χ4n) is 11.1. The van der Waals surface area contributed by atoms with Crippen LogP contribution >= 0.6 is 0 Å². The second-order valence-electron chi connectivity index (χ2n) is 16.2. The second-order valence-corrected chi connectivity index (χ2v) is 16.2. The van der Waals surface area contributed by atoms with Gasteiger partial charge in [-0.15, -0.1) is 0 Å². The molecule has 8 saturated carbocycles. The summed E-state index contributed by atoms with van der Waals surface area (Å²) >= 11 is 0. The van der Waals surface area contributed by atoms with Crippen molar-refractivity contribution in [1.29, 1.82) is 0 Å². The van der Waals surface area contributed by atoms with Crippen molar-refractivity contribution >= 4 is 11.4 Å². The summed E-state index contributed by atoms with van der Waals surface area (Å²) in [7, 11) is 0. The average molecular weight is 575 g/mol. The van der Waals surface area contributed by atoms with E-state index < -0.39 is 11.2 Å². The number of nitrogens with two attached hydrogens (primary N) is 2. The molecule has 2 aromatic rings. The van der Waals surface area contributed by atoms with Crippen LogP contribution in [0.1, 0.15) is 100 Å². The van der Waals surface area contributed by atoms with Gasteiger partial charge in [-0.1, -0.05) is 49.7 Å². The SMILES string of the molecule is CC(C)(c1ccc(C#CC2C3CC4CC2CC(O)(C4)C3)c(N)c1)c1ccc(C#CC2C3CC4CC2CC(O)(C4)C3)c(N)c1. The molecule has 4 unspecified atom stereocenters. The van der Waals surface area contributed by atoms with Gasteiger partial charge in [0.05, 0.1) is 11.2 Å². The molecule has 4 atom stereocenters. The van der Waals surface area contributed by atoms with Gasteiger partial charge in [-0.25, -0.2) is 0 Å². The molecule has 4 nitrogen and oxygen atoms in total. The molecule has 8 aliphatic rings. The highest BCUT2D eigenvalue weighted by Gasteiger charge is 2.55. The van der Waals surface area contributed by atoms with Crippen molar-refractivity contribution in [2.75, 3.05) is 11.5 Å². The highest BCUT2D eigenvalue weighted by atomic mass is 16.3. The first kappa shape index (κ1) is 27.6. The van der Waals surface area contributed by atoms with Gasteiger partial charge in [-0.05, 0) is 135 Å². The molecule has 0 radical (unpaired) electrons. The summed E-state index contributed by atoms with van der Waals surface area (Å²) < 4.78 is 0. The predicted molar refractivity (Wildman–Crippen MR) is 172 cm³/mol. The molecular formula is C39H46N2O2. The van der Waals surface area contributed by atoms with Gasteiger partial charge >= 0.3 is 0 Å². The van der Waals surface area contributed by atoms with Crippen molar-refractivity contribution in [2.24, 2.45) is 47.3 Å². The fourth-order valence-corrected chi connectivity index (χ4v) is 11.1. The molecule has 10 rings (SSSR count). The van der Waals surface area contributed by atoms with Crippen molar-refractivity contribution < 1.29 is 10.2 Å². The van der Waals surface area contributed by atoms with Crippen molar-refractivity contribution in [2.45, 2.75) is 94.7 Å². The molecule has 6 N–H and O–H groups in total. The van der Waals surface area contributed by atoms with E-state index >= 15 is 0 Å². The Morgan fingerprint density at radius 3 is 1.33 bits per heavy atom. The molecule has 2 aromatic carbocycles. The third-order valence-electron chi connectivity index (χ3n) is 12.8. The summed E-state index contributed by atoms with van der Waals surface area (Å²) in [6, 6.07) is 12.6. The Morgan fingerprint density at radius 1 is 0.628 bits per heavy atom. The summed E-state index contributed by atoms with van der Waals surface area (Å²) in [5.41, 5.74) is 17.6. The van der Waals surface area contributed by atoms with Crippen LogP contribution in [0.4, 0.5) is 11.4 Å². The number of benzene rings is 2. The summed E-state index contributed by atoms with van der Waals surface area (Å²) in [5, 5.41) is 21.8. The maximum atomic E-state index is 10.9. The third kappa shape index (κ3) is 4.69. The van der Waals surface area contributed by atoms with Gasteiger partial charge in [0.25, 0.3) is 0 Å². The minimum absolute atomic E-state index is 0.284. The first-order valence-corrected chi connectivity index (χ1v) is 16.7. The van der Waals surface area contributed by atoms with Crippen molar-refractivity contribution in [1.82, 2.24) is 0 Å². The first-order valence-electron chi connectivity index (χ1n) is 16.7. The van der Waals surface area contributed by atoms with Gasteiger partial charge < -0.3 is 21.7 Å². The molecule has 0 saturated heterocycles. The van der Waals surface area contributed by atoms with Crippen molar-refractivity contribution in [3.8, 4) is 23.7 Å². The summed E-state index contributed by atoms with van der Waals surface area (Å²) in [6.07, 6.45) is 10.6. The molecular weight excluding hydrogens is 528 g/mol. The highest BCUT2D eigenvalue weighted by Crippen LogP contribution is 2.59. The van der Waals surface area contributed by atoms with E-state index in [4.69, 9.17) is 11.5 Å². The molecule has 8 aliphatic carbocycles. The molecule has 4 heteroatoms. The highest BCUT2D eigenvalue weighted by molar-refractivity contribution is 5.62. The maximum absolute atomic E-state index is 10.9. The lowest BCUT2D eigenvalue weighted by atomic mass is 9.50. The van der Waals surface area contributed by atoms with Gasteiger partial charge in [0.1, 0.15) is 0 Å². The molecule has 0 aliphatic heterocycles. The lowest BCUT2D eigenvalue weighted by Gasteiger charge is -2.56. The second kappa shape index (κ2) is 9.54. The Bertz CT molecular complexity index is 1450. The van der Waals surface area contributed by atoms with E-state index in [1.807, 2.05) is 0 Å². The summed E-state index contributed by atoms with van der Waals surface area (Å²) in [4.78, 5) is 0. The van der Waals surface area contributed by atoms with Crippen LogP contribution in [0.15, 0.2) is 36.4 Å². The van der Waals surface area contributed by atoms with Crippen LogP contribution in [-0.4, -0.2) is 21.4 Å². The largest absolute Gasteiger partial charge is 0.398 e. The van der Waals surface area contributed by atoms with Crippen LogP contribution in [0.25, 0.3) is 0 Å². The van der Waals surface area contributed by atoms with E-state index in [1.165, 1.54) is 25.7 Å². The van der Waals surface area contributed by atoms with Crippen molar-refractivity contribution in [3.63, 3.8) is 0 Å². The fraction of sp³-hybridized carbons (Fsp3) is 0.590. The standard InChI is InChI=1S/C39H46N2O2/c1-37(2,31-7-3-25(35(40)15-31)5-9-33-27-11-23-12-28(33)20-38(42,17-23)19-27)32-8-4-26(36(41)16-32)6-10-34-29-13-24-14-30(34)22-39(43,18-24)21-29/h3-4,7-8,15-16,23-24,27-30,33-34,42-43H,11-14,17-22,40-41H2,1-2H3. The number of rotatable bonds is 2. The molecule has 0 heterocycles. The Kier molecular flexibility index (Phi) is 6.13. The monoisotopic (exact) mass is 574 g/mol. The lowest BCUT2D eigenvalue weighted by Crippen LogP contribution is -2.54. The summed E-state index contributed by atoms with van der Waals surface area (Å²) in [6.45, 7) is 4.43. The van der Waals surface area contributed by atoms with Crippen LogP contribution in [0.2, 0.25) is 0 Å². The first-order chi connectivity index (χ1) is 20.5. The minimum Gasteiger partial charge on any atom is -0.398 e. The van der Waals surface area contributed by atoms with Crippen LogP contribution in [0.5, 0.6) is 0 Å². The van der Waals surface area contributed by atoms with E-state index in [-0.39, 0.29) is 5.41 Å². The number of hydrogen-bond acceptors (Lipinski definition) is 4. The van der Waals surface area contributed by atoms with E-state index in [1.54, 1.807) is 0 Å². The van der Waals surface area contributed by atoms with E-state index in [0.29, 0.717) is 47.3 Å². The Balaban J connectivity index is 0.987. The Morgan fingerprint density at radius 2 is 1.00 bits per heavy atom. The summed E-state index contributed by atoms with van der Waals surface area (Å²) in [5.74, 6) is 18.4. The number of nitrogen functional groups attached to an aromatic ring is 2. The van der Waals surface area contributed by atoms with Crippen LogP contribution in [-0.2, 0) is 5.41 Å². The number of aliphatic hydroxyl groups is 2. The van der Waals surface area contributed by atoms with Gasteiger partial charge in [0.15, 0.2) is 0 Å². The van der Waals surface area contributed by atoms with E-state index in [0.717, 1.165) is 72.2 Å². The molecule has 8 bridgehead atoms. The smallest absolute Gasteiger partial charge is 0.0656 e. The van der Waals surface area contributed by atoms with Crippen molar-refractivity contribution in [3.05, 3.63) is 58.7 Å². The Labute approximate surface area is 257 Å². The van der Waals surface area contributed by atoms with Crippen LogP contribution in [0.3, 0.4) is 0 Å². The zero-order valence-corrected chi connectivity index (χ0v) is 25.7. The molecule has 43 heavy (non-hydrogen) atoms. The van der Waals surface area contributed by atoms with E-state index in [2.05, 4.69) is 73.9 Å². The lowest BCUT2D eigenvalue weighted by molar-refractivity contribution is -0.140. The predicted octanol–water partition coefficient (Wildman–Crippen LogP) is 6.25.